The fourth-order valence-electron chi connectivity index (χ4n) is 2.64. The molecule has 0 N–H and O–H groups in total. The Kier molecular flexibility index (Phi) is 4.16. The minimum Gasteiger partial charge on any atom is -0.496 e. The number of carbonyl (C=O) groups is 2. The zero-order valence-electron chi connectivity index (χ0n) is 13.1. The van der Waals surface area contributed by atoms with Gasteiger partial charge in [0.05, 0.1) is 18.2 Å². The van der Waals surface area contributed by atoms with Crippen LogP contribution in [0, 0.1) is 0 Å². The van der Waals surface area contributed by atoms with E-state index >= 15 is 0 Å². The summed E-state index contributed by atoms with van der Waals surface area (Å²) in [5.74, 6) is -0.442. The number of aromatic nitrogens is 1. The van der Waals surface area contributed by atoms with Gasteiger partial charge in [0, 0.05) is 29.4 Å². The highest BCUT2D eigenvalue weighted by atomic mass is 19.4. The molecule has 0 unspecified atom stereocenters. The van der Waals surface area contributed by atoms with Crippen molar-refractivity contribution in [2.45, 2.75) is 12.6 Å². The normalized spacial score (nSPS) is 14.2. The number of ketones is 2. The number of methoxy groups -OCH3 is 1. The van der Waals surface area contributed by atoms with Crippen LogP contribution in [0.15, 0.2) is 48.2 Å². The maximum absolute atomic E-state index is 12.6. The Morgan fingerprint density at radius 2 is 1.88 bits per heavy atom. The van der Waals surface area contributed by atoms with E-state index in [9.17, 15) is 22.8 Å². The van der Waals surface area contributed by atoms with Crippen LogP contribution in [0.3, 0.4) is 0 Å². The third-order valence-electron chi connectivity index (χ3n) is 3.86. The standard InChI is InChI=1S/C18H12F3NO3/c1-25-15-4-2-3-13-16(15)14(23)8-10(17(13)24)7-12-6-5-11(9-22-12)18(19,20)21/h2-6,8-9H,7H2,1H3. The second-order valence-corrected chi connectivity index (χ2v) is 5.46. The second kappa shape index (κ2) is 6.16. The van der Waals surface area contributed by atoms with Crippen molar-refractivity contribution in [2.24, 2.45) is 0 Å². The van der Waals surface area contributed by atoms with Crippen molar-refractivity contribution in [2.75, 3.05) is 7.11 Å². The van der Waals surface area contributed by atoms with Gasteiger partial charge in [0.1, 0.15) is 5.75 Å². The zero-order chi connectivity index (χ0) is 18.2. The Labute approximate surface area is 141 Å². The summed E-state index contributed by atoms with van der Waals surface area (Å²) in [6.45, 7) is 0. The van der Waals surface area contributed by atoms with Gasteiger partial charge in [0.25, 0.3) is 0 Å². The van der Waals surface area contributed by atoms with Crippen LogP contribution in [-0.4, -0.2) is 23.7 Å². The summed E-state index contributed by atoms with van der Waals surface area (Å²) in [5.41, 5.74) is -0.0102. The van der Waals surface area contributed by atoms with Gasteiger partial charge in [-0.15, -0.1) is 0 Å². The number of fused-ring (bicyclic) bond motifs is 1. The quantitative estimate of drug-likeness (QED) is 0.850. The van der Waals surface area contributed by atoms with E-state index in [4.69, 9.17) is 4.74 Å². The lowest BCUT2D eigenvalue weighted by Crippen LogP contribution is -2.19. The van der Waals surface area contributed by atoms with Gasteiger partial charge in [-0.1, -0.05) is 12.1 Å². The zero-order valence-corrected chi connectivity index (χ0v) is 13.1. The summed E-state index contributed by atoms with van der Waals surface area (Å²) in [7, 11) is 1.40. The summed E-state index contributed by atoms with van der Waals surface area (Å²) in [5, 5.41) is 0. The Hall–Kier alpha value is -2.96. The summed E-state index contributed by atoms with van der Waals surface area (Å²) >= 11 is 0. The number of rotatable bonds is 3. The first kappa shape index (κ1) is 16.9. The predicted molar refractivity (Wildman–Crippen MR) is 82.7 cm³/mol. The highest BCUT2D eigenvalue weighted by Gasteiger charge is 2.31. The number of allylic oxidation sites excluding steroid dienone is 2. The van der Waals surface area contributed by atoms with Crippen LogP contribution in [0.1, 0.15) is 32.0 Å². The van der Waals surface area contributed by atoms with Gasteiger partial charge in [-0.2, -0.15) is 13.2 Å². The van der Waals surface area contributed by atoms with E-state index in [2.05, 4.69) is 4.98 Å². The molecule has 0 saturated carbocycles. The molecule has 0 atom stereocenters. The van der Waals surface area contributed by atoms with Crippen LogP contribution in [0.4, 0.5) is 13.2 Å². The monoisotopic (exact) mass is 347 g/mol. The molecular formula is C18H12F3NO3. The minimum atomic E-state index is -4.48. The van der Waals surface area contributed by atoms with Gasteiger partial charge in [-0.05, 0) is 24.3 Å². The van der Waals surface area contributed by atoms with Gasteiger partial charge in [-0.25, -0.2) is 0 Å². The van der Waals surface area contributed by atoms with Crippen molar-refractivity contribution in [3.8, 4) is 5.75 Å². The molecule has 0 spiro atoms. The van der Waals surface area contributed by atoms with Crippen molar-refractivity contribution >= 4 is 11.6 Å². The van der Waals surface area contributed by atoms with Crippen molar-refractivity contribution in [3.63, 3.8) is 0 Å². The van der Waals surface area contributed by atoms with Crippen molar-refractivity contribution in [1.82, 2.24) is 4.98 Å². The molecule has 0 fully saturated rings. The Balaban J connectivity index is 1.90. The highest BCUT2D eigenvalue weighted by Crippen LogP contribution is 2.31. The van der Waals surface area contributed by atoms with Gasteiger partial charge in [0.2, 0.25) is 0 Å². The topological polar surface area (TPSA) is 56.3 Å². The number of Topliss-reactive ketones (excluding diaryl/α,β-unsaturated/α-hetero) is 1. The van der Waals surface area contributed by atoms with Crippen LogP contribution in [-0.2, 0) is 12.6 Å². The average Bonchev–Trinajstić information content (AvgIpc) is 2.58. The van der Waals surface area contributed by atoms with Crippen LogP contribution >= 0.6 is 0 Å². The van der Waals surface area contributed by atoms with E-state index in [1.165, 1.54) is 25.3 Å². The van der Waals surface area contributed by atoms with E-state index < -0.39 is 11.7 Å². The molecule has 3 rings (SSSR count). The summed E-state index contributed by atoms with van der Waals surface area (Å²) in [6.07, 6.45) is -2.61. The first-order valence-corrected chi connectivity index (χ1v) is 7.30. The van der Waals surface area contributed by atoms with Crippen LogP contribution in [0.25, 0.3) is 0 Å². The maximum atomic E-state index is 12.6. The Morgan fingerprint density at radius 3 is 2.48 bits per heavy atom. The largest absolute Gasteiger partial charge is 0.496 e. The molecule has 0 bridgehead atoms. The molecule has 1 aliphatic rings. The molecule has 0 radical (unpaired) electrons. The maximum Gasteiger partial charge on any atom is 0.417 e. The van der Waals surface area contributed by atoms with Crippen LogP contribution in [0.5, 0.6) is 5.75 Å². The molecule has 0 aliphatic heterocycles. The van der Waals surface area contributed by atoms with E-state index in [0.29, 0.717) is 11.9 Å². The third-order valence-corrected chi connectivity index (χ3v) is 3.86. The van der Waals surface area contributed by atoms with Gasteiger partial charge in [0.15, 0.2) is 11.6 Å². The van der Waals surface area contributed by atoms with Gasteiger partial charge >= 0.3 is 6.18 Å². The van der Waals surface area contributed by atoms with Crippen molar-refractivity contribution in [1.29, 1.82) is 0 Å². The molecule has 7 heteroatoms. The van der Waals surface area contributed by atoms with Gasteiger partial charge < -0.3 is 4.74 Å². The Morgan fingerprint density at radius 1 is 1.12 bits per heavy atom. The highest BCUT2D eigenvalue weighted by molar-refractivity contribution is 6.25. The lowest BCUT2D eigenvalue weighted by molar-refractivity contribution is -0.137. The molecule has 0 saturated heterocycles. The molecular weight excluding hydrogens is 335 g/mol. The number of nitrogens with zero attached hydrogens (tertiary/aromatic N) is 1. The van der Waals surface area contributed by atoms with E-state index in [1.807, 2.05) is 0 Å². The van der Waals surface area contributed by atoms with E-state index in [1.54, 1.807) is 12.1 Å². The lowest BCUT2D eigenvalue weighted by Gasteiger charge is -2.17. The Bertz CT molecular complexity index is 883. The number of benzene rings is 1. The fraction of sp³-hybridized carbons (Fsp3) is 0.167. The molecule has 1 aliphatic carbocycles. The number of halogens is 3. The predicted octanol–water partition coefficient (Wildman–Crippen LogP) is 3.66. The summed E-state index contributed by atoms with van der Waals surface area (Å²) in [6, 6.07) is 6.80. The molecule has 1 aromatic heterocycles. The number of pyridine rings is 1. The second-order valence-electron chi connectivity index (χ2n) is 5.46. The molecule has 4 nitrogen and oxygen atoms in total. The van der Waals surface area contributed by atoms with Gasteiger partial charge in [-0.3, -0.25) is 14.6 Å². The fourth-order valence-corrected chi connectivity index (χ4v) is 2.64. The van der Waals surface area contributed by atoms with Crippen molar-refractivity contribution < 1.29 is 27.5 Å². The summed E-state index contributed by atoms with van der Waals surface area (Å²) < 4.78 is 42.8. The number of carbonyl (C=O) groups excluding carboxylic acids is 2. The molecule has 128 valence electrons. The van der Waals surface area contributed by atoms with E-state index in [-0.39, 0.29) is 40.4 Å². The molecule has 1 heterocycles. The number of ether oxygens (including phenoxy) is 1. The van der Waals surface area contributed by atoms with Crippen LogP contribution < -0.4 is 4.74 Å². The first-order chi connectivity index (χ1) is 11.8. The van der Waals surface area contributed by atoms with E-state index in [0.717, 1.165) is 6.07 Å². The SMILES string of the molecule is COc1cccc2c1C(=O)C=C(Cc1ccc(C(F)(F)F)cn1)C2=O. The smallest absolute Gasteiger partial charge is 0.417 e. The third kappa shape index (κ3) is 3.17. The molecule has 1 aromatic carbocycles. The average molecular weight is 347 g/mol. The van der Waals surface area contributed by atoms with Crippen molar-refractivity contribution in [3.05, 3.63) is 70.6 Å². The summed E-state index contributed by atoms with van der Waals surface area (Å²) in [4.78, 5) is 28.6. The molecule has 2 aromatic rings. The molecule has 0 amide bonds. The number of hydrogen-bond donors (Lipinski definition) is 0. The molecule has 25 heavy (non-hydrogen) atoms. The van der Waals surface area contributed by atoms with Crippen LogP contribution in [0.2, 0.25) is 0 Å². The minimum absolute atomic E-state index is 0.0284. The number of alkyl halides is 3. The number of hydrogen-bond acceptors (Lipinski definition) is 4. The first-order valence-electron chi connectivity index (χ1n) is 7.30. The lowest BCUT2D eigenvalue weighted by atomic mass is 9.87.